The van der Waals surface area contributed by atoms with Gasteiger partial charge in [-0.15, -0.1) is 11.3 Å². The van der Waals surface area contributed by atoms with Crippen LogP contribution in [0.1, 0.15) is 0 Å². The summed E-state index contributed by atoms with van der Waals surface area (Å²) in [5.74, 6) is 0. The summed E-state index contributed by atoms with van der Waals surface area (Å²) < 4.78 is 2.21. The van der Waals surface area contributed by atoms with Crippen LogP contribution in [0.3, 0.4) is 0 Å². The first-order valence-corrected chi connectivity index (χ1v) is 7.78. The molecule has 90 valence electrons. The first-order chi connectivity index (χ1) is 8.75. The Morgan fingerprint density at radius 1 is 1.11 bits per heavy atom. The van der Waals surface area contributed by atoms with Crippen LogP contribution in [0, 0.1) is 0 Å². The minimum atomic E-state index is 0.759. The summed E-state index contributed by atoms with van der Waals surface area (Å²) in [7, 11) is 0. The van der Waals surface area contributed by atoms with Crippen LogP contribution in [0.15, 0.2) is 56.2 Å². The van der Waals surface area contributed by atoms with Crippen LogP contribution >= 0.6 is 39.0 Å². The van der Waals surface area contributed by atoms with Gasteiger partial charge in [-0.2, -0.15) is 0 Å². The summed E-state index contributed by atoms with van der Waals surface area (Å²) in [4.78, 5) is 6.51. The summed E-state index contributed by atoms with van der Waals surface area (Å²) in [5, 5.41) is 0. The second-order valence-electron chi connectivity index (χ2n) is 3.71. The molecule has 1 heterocycles. The van der Waals surface area contributed by atoms with Crippen LogP contribution in [0.25, 0.3) is 10.2 Å². The van der Waals surface area contributed by atoms with Gasteiger partial charge in [0.1, 0.15) is 5.52 Å². The van der Waals surface area contributed by atoms with Crippen LogP contribution < -0.4 is 5.73 Å². The molecular weight excluding hydrogens is 328 g/mol. The SMILES string of the molecule is Nc1c(Sc2ccccc2Br)ccc2scnc12. The summed E-state index contributed by atoms with van der Waals surface area (Å²) in [6, 6.07) is 12.2. The van der Waals surface area contributed by atoms with Crippen LogP contribution in [-0.2, 0) is 0 Å². The average Bonchev–Trinajstić information content (AvgIpc) is 2.84. The third-order valence-corrected chi connectivity index (χ3v) is 5.46. The Labute approximate surface area is 121 Å². The van der Waals surface area contributed by atoms with Crippen molar-refractivity contribution in [2.75, 3.05) is 5.73 Å². The van der Waals surface area contributed by atoms with E-state index in [-0.39, 0.29) is 0 Å². The molecule has 2 nitrogen and oxygen atoms in total. The van der Waals surface area contributed by atoms with Crippen LogP contribution in [-0.4, -0.2) is 4.98 Å². The maximum absolute atomic E-state index is 6.17. The number of nitrogens with two attached hydrogens (primary N) is 1. The highest BCUT2D eigenvalue weighted by molar-refractivity contribution is 9.10. The molecule has 0 saturated heterocycles. The fraction of sp³-hybridized carbons (Fsp3) is 0. The standard InChI is InChI=1S/C13H9BrN2S2/c14-8-3-1-2-4-9(8)18-10-5-6-11-13(12(10)15)16-7-17-11/h1-7H,15H2. The van der Waals surface area contributed by atoms with Crippen molar-refractivity contribution in [1.29, 1.82) is 0 Å². The molecule has 2 aromatic carbocycles. The molecule has 0 spiro atoms. The number of hydrogen-bond donors (Lipinski definition) is 1. The van der Waals surface area contributed by atoms with E-state index in [1.807, 2.05) is 23.7 Å². The molecule has 18 heavy (non-hydrogen) atoms. The zero-order valence-electron chi connectivity index (χ0n) is 9.26. The zero-order valence-corrected chi connectivity index (χ0v) is 12.5. The fourth-order valence-electron chi connectivity index (χ4n) is 1.67. The Morgan fingerprint density at radius 3 is 2.78 bits per heavy atom. The normalized spacial score (nSPS) is 10.9. The molecule has 3 rings (SSSR count). The van der Waals surface area contributed by atoms with Crippen molar-refractivity contribution >= 4 is 54.9 Å². The van der Waals surface area contributed by atoms with Gasteiger partial charge in [0.05, 0.1) is 15.9 Å². The lowest BCUT2D eigenvalue weighted by Gasteiger charge is -2.07. The second kappa shape index (κ2) is 4.91. The van der Waals surface area contributed by atoms with Gasteiger partial charge in [-0.05, 0) is 40.2 Å². The fourth-order valence-corrected chi connectivity index (χ4v) is 3.78. The molecule has 3 aromatic rings. The van der Waals surface area contributed by atoms with E-state index in [9.17, 15) is 0 Å². The molecule has 0 aliphatic carbocycles. The summed E-state index contributed by atoms with van der Waals surface area (Å²) in [6.07, 6.45) is 0. The summed E-state index contributed by atoms with van der Waals surface area (Å²) in [6.45, 7) is 0. The Kier molecular flexibility index (Phi) is 3.28. The maximum Gasteiger partial charge on any atom is 0.105 e. The van der Waals surface area contributed by atoms with Gasteiger partial charge in [0, 0.05) is 14.3 Å². The van der Waals surface area contributed by atoms with Crippen LogP contribution in [0.5, 0.6) is 0 Å². The number of rotatable bonds is 2. The Hall–Kier alpha value is -1.04. The molecule has 2 N–H and O–H groups in total. The number of aromatic nitrogens is 1. The van der Waals surface area contributed by atoms with Crippen LogP contribution in [0.2, 0.25) is 0 Å². The van der Waals surface area contributed by atoms with Gasteiger partial charge in [0.15, 0.2) is 0 Å². The molecule has 0 atom stereocenters. The number of fused-ring (bicyclic) bond motifs is 1. The predicted octanol–water partition coefficient (Wildman–Crippen LogP) is 4.79. The summed E-state index contributed by atoms with van der Waals surface area (Å²) >= 11 is 6.81. The van der Waals surface area contributed by atoms with E-state index in [1.165, 1.54) is 0 Å². The zero-order chi connectivity index (χ0) is 12.5. The van der Waals surface area contributed by atoms with Gasteiger partial charge in [0.2, 0.25) is 0 Å². The first kappa shape index (κ1) is 12.0. The third kappa shape index (κ3) is 2.13. The van der Waals surface area contributed by atoms with Crippen LogP contribution in [0.4, 0.5) is 5.69 Å². The number of anilines is 1. The summed E-state index contributed by atoms with van der Waals surface area (Å²) in [5.41, 5.74) is 9.66. The lowest BCUT2D eigenvalue weighted by molar-refractivity contribution is 1.38. The predicted molar refractivity (Wildman–Crippen MR) is 82.3 cm³/mol. The smallest absolute Gasteiger partial charge is 0.105 e. The van der Waals surface area contributed by atoms with Gasteiger partial charge in [-0.3, -0.25) is 0 Å². The van der Waals surface area contributed by atoms with Gasteiger partial charge < -0.3 is 5.73 Å². The number of benzene rings is 2. The van der Waals surface area contributed by atoms with E-state index in [0.717, 1.165) is 30.2 Å². The lowest BCUT2D eigenvalue weighted by Crippen LogP contribution is -1.90. The monoisotopic (exact) mass is 336 g/mol. The van der Waals surface area contributed by atoms with Crippen molar-refractivity contribution in [2.45, 2.75) is 9.79 Å². The van der Waals surface area contributed by atoms with E-state index in [4.69, 9.17) is 5.73 Å². The minimum Gasteiger partial charge on any atom is -0.396 e. The molecule has 0 radical (unpaired) electrons. The van der Waals surface area contributed by atoms with E-state index in [0.29, 0.717) is 0 Å². The largest absolute Gasteiger partial charge is 0.396 e. The molecule has 0 fully saturated rings. The van der Waals surface area contributed by atoms with Crippen molar-refractivity contribution < 1.29 is 0 Å². The second-order valence-corrected chi connectivity index (χ2v) is 6.53. The molecule has 0 unspecified atom stereocenters. The Balaban J connectivity index is 2.05. The highest BCUT2D eigenvalue weighted by Gasteiger charge is 2.09. The lowest BCUT2D eigenvalue weighted by atomic mass is 10.3. The Bertz CT molecular complexity index is 709. The third-order valence-electron chi connectivity index (χ3n) is 2.56. The Morgan fingerprint density at radius 2 is 1.94 bits per heavy atom. The number of halogens is 1. The number of thiazole rings is 1. The molecule has 0 aliphatic heterocycles. The van der Waals surface area contributed by atoms with Gasteiger partial charge >= 0.3 is 0 Å². The van der Waals surface area contributed by atoms with Crippen molar-refractivity contribution in [3.8, 4) is 0 Å². The molecule has 0 bridgehead atoms. The highest BCUT2D eigenvalue weighted by Crippen LogP contribution is 2.39. The number of hydrogen-bond acceptors (Lipinski definition) is 4. The molecular formula is C13H9BrN2S2. The number of nitrogen functional groups attached to an aromatic ring is 1. The molecule has 5 heteroatoms. The van der Waals surface area contributed by atoms with Gasteiger partial charge in [0.25, 0.3) is 0 Å². The quantitative estimate of drug-likeness (QED) is 0.683. The highest BCUT2D eigenvalue weighted by atomic mass is 79.9. The molecule has 0 amide bonds. The molecule has 0 aliphatic rings. The van der Waals surface area contributed by atoms with Crippen molar-refractivity contribution in [2.24, 2.45) is 0 Å². The van der Waals surface area contributed by atoms with E-state index < -0.39 is 0 Å². The molecule has 0 saturated carbocycles. The molecule has 1 aromatic heterocycles. The first-order valence-electron chi connectivity index (χ1n) is 5.30. The van der Waals surface area contributed by atoms with Crippen molar-refractivity contribution in [3.05, 3.63) is 46.4 Å². The van der Waals surface area contributed by atoms with E-state index in [1.54, 1.807) is 23.1 Å². The topological polar surface area (TPSA) is 38.9 Å². The minimum absolute atomic E-state index is 0.759. The van der Waals surface area contributed by atoms with E-state index in [2.05, 4.69) is 39.1 Å². The van der Waals surface area contributed by atoms with Gasteiger partial charge in [-0.25, -0.2) is 4.98 Å². The average molecular weight is 337 g/mol. The van der Waals surface area contributed by atoms with E-state index >= 15 is 0 Å². The van der Waals surface area contributed by atoms with Gasteiger partial charge in [-0.1, -0.05) is 23.9 Å². The van der Waals surface area contributed by atoms with Crippen molar-refractivity contribution in [1.82, 2.24) is 4.98 Å². The van der Waals surface area contributed by atoms with Crippen molar-refractivity contribution in [3.63, 3.8) is 0 Å². The maximum atomic E-state index is 6.17. The number of nitrogens with zero attached hydrogens (tertiary/aromatic N) is 1.